The number of aryl methyl sites for hydroxylation is 3. The van der Waals surface area contributed by atoms with Crippen LogP contribution in [0.4, 0.5) is 0 Å². The Morgan fingerprint density at radius 3 is 2.20 bits per heavy atom. The number of hydrogen-bond donors (Lipinski definition) is 0. The third kappa shape index (κ3) is 3.12. The summed E-state index contributed by atoms with van der Waals surface area (Å²) in [4.78, 5) is 0. The quantitative estimate of drug-likeness (QED) is 0.612. The molecule has 0 spiro atoms. The minimum absolute atomic E-state index is 1.14. The van der Waals surface area contributed by atoms with Crippen molar-refractivity contribution in [3.63, 3.8) is 0 Å². The molecule has 0 aliphatic heterocycles. The third-order valence-corrected chi connectivity index (χ3v) is 3.44. The third-order valence-electron chi connectivity index (χ3n) is 3.44. The number of furan rings is 1. The van der Waals surface area contributed by atoms with Crippen LogP contribution in [0.3, 0.4) is 0 Å². The van der Waals surface area contributed by atoms with Crippen molar-refractivity contribution in [3.8, 4) is 0 Å². The zero-order valence-corrected chi connectivity index (χ0v) is 9.85. The fraction of sp³-hybridized carbons (Fsp3) is 0.714. The highest BCUT2D eigenvalue weighted by Crippen LogP contribution is 2.21. The molecule has 0 amide bonds. The minimum atomic E-state index is 1.14. The van der Waals surface area contributed by atoms with Gasteiger partial charge in [-0.15, -0.1) is 0 Å². The second kappa shape index (κ2) is 5.39. The molecule has 0 saturated heterocycles. The first-order valence-corrected chi connectivity index (χ1v) is 6.44. The van der Waals surface area contributed by atoms with Gasteiger partial charge in [-0.25, -0.2) is 0 Å². The van der Waals surface area contributed by atoms with Gasteiger partial charge in [-0.3, -0.25) is 0 Å². The van der Waals surface area contributed by atoms with Gasteiger partial charge in [-0.05, 0) is 37.8 Å². The van der Waals surface area contributed by atoms with Gasteiger partial charge in [0.1, 0.15) is 11.5 Å². The summed E-state index contributed by atoms with van der Waals surface area (Å²) in [5, 5.41) is 0. The van der Waals surface area contributed by atoms with Gasteiger partial charge >= 0.3 is 0 Å². The van der Waals surface area contributed by atoms with Crippen molar-refractivity contribution >= 4 is 0 Å². The van der Waals surface area contributed by atoms with Crippen LogP contribution in [0.1, 0.15) is 62.0 Å². The molecule has 0 saturated carbocycles. The lowest BCUT2D eigenvalue weighted by Gasteiger charge is -2.02. The van der Waals surface area contributed by atoms with E-state index in [4.69, 9.17) is 4.42 Å². The molecule has 1 aromatic heterocycles. The second-order valence-electron chi connectivity index (χ2n) is 4.77. The summed E-state index contributed by atoms with van der Waals surface area (Å²) in [6.45, 7) is 2.11. The molecule has 0 N–H and O–H groups in total. The highest BCUT2D eigenvalue weighted by Gasteiger charge is 2.07. The summed E-state index contributed by atoms with van der Waals surface area (Å²) >= 11 is 0. The van der Waals surface area contributed by atoms with E-state index in [-0.39, 0.29) is 0 Å². The van der Waals surface area contributed by atoms with Crippen molar-refractivity contribution in [2.45, 2.75) is 64.7 Å². The average molecular weight is 206 g/mol. The van der Waals surface area contributed by atoms with Gasteiger partial charge in [0.2, 0.25) is 0 Å². The Kier molecular flexibility index (Phi) is 3.87. The molecule has 84 valence electrons. The topological polar surface area (TPSA) is 13.1 Å². The Bertz CT molecular complexity index is 298. The van der Waals surface area contributed by atoms with Crippen molar-refractivity contribution in [3.05, 3.63) is 23.2 Å². The fourth-order valence-electron chi connectivity index (χ4n) is 2.46. The maximum atomic E-state index is 5.78. The predicted octanol–water partition coefficient (Wildman–Crippen LogP) is 4.42. The summed E-state index contributed by atoms with van der Waals surface area (Å²) in [5.74, 6) is 2.37. The lowest BCUT2D eigenvalue weighted by Crippen LogP contribution is -1.88. The normalized spacial score (nSPS) is 19.3. The van der Waals surface area contributed by atoms with E-state index >= 15 is 0 Å². The molecule has 2 bridgehead atoms. The van der Waals surface area contributed by atoms with Crippen molar-refractivity contribution in [1.29, 1.82) is 0 Å². The van der Waals surface area contributed by atoms with Crippen LogP contribution in [0.2, 0.25) is 0 Å². The van der Waals surface area contributed by atoms with E-state index < -0.39 is 0 Å². The summed E-state index contributed by atoms with van der Waals surface area (Å²) in [6, 6.07) is 2.29. The van der Waals surface area contributed by atoms with Crippen molar-refractivity contribution in [2.75, 3.05) is 0 Å². The molecule has 1 heteroatoms. The zero-order valence-electron chi connectivity index (χ0n) is 9.85. The summed E-state index contributed by atoms with van der Waals surface area (Å²) < 4.78 is 5.78. The molecular weight excluding hydrogens is 184 g/mol. The highest BCUT2D eigenvalue weighted by molar-refractivity contribution is 5.21. The van der Waals surface area contributed by atoms with Gasteiger partial charge in [0.05, 0.1) is 0 Å². The van der Waals surface area contributed by atoms with Crippen LogP contribution in [0, 0.1) is 6.92 Å². The van der Waals surface area contributed by atoms with Gasteiger partial charge in [0.15, 0.2) is 0 Å². The molecule has 15 heavy (non-hydrogen) atoms. The van der Waals surface area contributed by atoms with Crippen LogP contribution in [-0.4, -0.2) is 0 Å². The van der Waals surface area contributed by atoms with E-state index in [1.165, 1.54) is 62.7 Å². The smallest absolute Gasteiger partial charge is 0.104 e. The molecular formula is C14H22O. The first-order chi connectivity index (χ1) is 7.36. The first-order valence-electron chi connectivity index (χ1n) is 6.44. The van der Waals surface area contributed by atoms with E-state index in [1.54, 1.807) is 0 Å². The summed E-state index contributed by atoms with van der Waals surface area (Å²) in [5.41, 5.74) is 1.45. The molecule has 1 nitrogen and oxygen atoms in total. The number of hydrogen-bond acceptors (Lipinski definition) is 1. The van der Waals surface area contributed by atoms with Gasteiger partial charge in [-0.1, -0.05) is 32.1 Å². The van der Waals surface area contributed by atoms with Crippen molar-refractivity contribution in [1.82, 2.24) is 0 Å². The Hall–Kier alpha value is -0.720. The van der Waals surface area contributed by atoms with Crippen LogP contribution in [-0.2, 0) is 12.8 Å². The molecule has 1 aliphatic rings. The molecule has 0 unspecified atom stereocenters. The summed E-state index contributed by atoms with van der Waals surface area (Å²) in [7, 11) is 0. The van der Waals surface area contributed by atoms with Crippen LogP contribution < -0.4 is 0 Å². The van der Waals surface area contributed by atoms with Gasteiger partial charge in [0, 0.05) is 6.42 Å². The van der Waals surface area contributed by atoms with Crippen LogP contribution >= 0.6 is 0 Å². The van der Waals surface area contributed by atoms with E-state index in [0.717, 1.165) is 12.2 Å². The number of rotatable bonds is 0. The maximum absolute atomic E-state index is 5.78. The minimum Gasteiger partial charge on any atom is -0.466 e. The SMILES string of the molecule is Cc1oc2cc1CCCCCCCCC2. The Labute approximate surface area is 92.9 Å². The fourth-order valence-corrected chi connectivity index (χ4v) is 2.46. The first kappa shape index (κ1) is 10.8. The molecule has 1 heterocycles. The molecule has 0 fully saturated rings. The highest BCUT2D eigenvalue weighted by atomic mass is 16.3. The molecule has 1 aromatic rings. The Morgan fingerprint density at radius 1 is 0.867 bits per heavy atom. The standard InChI is InChI=1S/C14H22O/c1-12-13-9-7-5-3-2-4-6-8-10-14(11-13)15-12/h11H,2-10H2,1H3. The second-order valence-corrected chi connectivity index (χ2v) is 4.77. The van der Waals surface area contributed by atoms with E-state index in [1.807, 2.05) is 0 Å². The molecule has 0 radical (unpaired) electrons. The Balaban J connectivity index is 2.02. The largest absolute Gasteiger partial charge is 0.466 e. The van der Waals surface area contributed by atoms with Gasteiger partial charge < -0.3 is 4.42 Å². The maximum Gasteiger partial charge on any atom is 0.104 e. The zero-order chi connectivity index (χ0) is 10.5. The van der Waals surface area contributed by atoms with E-state index in [2.05, 4.69) is 13.0 Å². The lowest BCUT2D eigenvalue weighted by atomic mass is 10.0. The van der Waals surface area contributed by atoms with Crippen LogP contribution in [0.25, 0.3) is 0 Å². The van der Waals surface area contributed by atoms with E-state index in [9.17, 15) is 0 Å². The predicted molar refractivity (Wildman–Crippen MR) is 63.2 cm³/mol. The van der Waals surface area contributed by atoms with Crippen molar-refractivity contribution < 1.29 is 4.42 Å². The van der Waals surface area contributed by atoms with Gasteiger partial charge in [0.25, 0.3) is 0 Å². The lowest BCUT2D eigenvalue weighted by molar-refractivity contribution is 0.469. The molecule has 0 aromatic carbocycles. The summed E-state index contributed by atoms with van der Waals surface area (Å²) in [6.07, 6.45) is 12.0. The number of fused-ring (bicyclic) bond motifs is 2. The Morgan fingerprint density at radius 2 is 1.47 bits per heavy atom. The van der Waals surface area contributed by atoms with E-state index in [0.29, 0.717) is 0 Å². The molecule has 1 aliphatic carbocycles. The van der Waals surface area contributed by atoms with Crippen LogP contribution in [0.15, 0.2) is 10.5 Å². The average Bonchev–Trinajstić information content (AvgIpc) is 2.55. The van der Waals surface area contributed by atoms with Gasteiger partial charge in [-0.2, -0.15) is 0 Å². The molecule has 0 atom stereocenters. The molecule has 2 rings (SSSR count). The van der Waals surface area contributed by atoms with Crippen molar-refractivity contribution in [2.24, 2.45) is 0 Å². The van der Waals surface area contributed by atoms with Crippen LogP contribution in [0.5, 0.6) is 0 Å². The monoisotopic (exact) mass is 206 g/mol.